The molecule has 13 amide bonds. The molecular formula is C51H85FeN13O20. The third-order valence-electron chi connectivity index (χ3n) is 12.5. The Morgan fingerprint density at radius 2 is 0.953 bits per heavy atom. The van der Waals surface area contributed by atoms with Crippen LogP contribution in [-0.4, -0.2) is 225 Å². The van der Waals surface area contributed by atoms with Crippen molar-refractivity contribution < 1.29 is 115 Å². The van der Waals surface area contributed by atoms with Crippen molar-refractivity contribution >= 4 is 82.8 Å². The maximum Gasteiger partial charge on any atom is 0.325 e. The topological polar surface area (TPSA) is 479 Å². The minimum atomic E-state index is -1.84. The summed E-state index contributed by atoms with van der Waals surface area (Å²) in [6, 6.07) is -11.7. The van der Waals surface area contributed by atoms with Gasteiger partial charge >= 0.3 is 5.97 Å². The van der Waals surface area contributed by atoms with E-state index in [1.807, 2.05) is 0 Å². The standard InChI is InChI=1S/C51H85N13O20.Fe/c1-7-8-9-10-11-12-13-20-40(70)56-39-29-84-43(73)26-54-45(74)34(17-14-21-62(81)31(4)67)55-41(71)24-53-47(76)37(27-65)59-48(77)36(19-16-23-64(83)33(6)69)58-49(78)38(28-66)60-51(80)44(30(2)3)61-42(72)25-52-46(75)35(57-50(39)79)18-15-22-63(82)32(5)68;/h12-13,30,34-39,44,65-66,81-83H,7-11,14-29H2,1-6H3,(H,52,75)(H,53,76)(H,54,74)(H,55,71)(H,56,70)(H,57,79)(H,58,78)(H,59,77)(H,60,80)(H,61,72);/b13-12-;/t34?,35?,36?,37-,38+,39-,44-;/m1./s1. The maximum atomic E-state index is 14.0. The van der Waals surface area contributed by atoms with Crippen LogP contribution in [0.15, 0.2) is 12.2 Å². The molecule has 0 bridgehead atoms. The van der Waals surface area contributed by atoms with Crippen molar-refractivity contribution in [2.45, 2.75) is 161 Å². The fourth-order valence-electron chi connectivity index (χ4n) is 7.61. The predicted octanol–water partition coefficient (Wildman–Crippen LogP) is -5.11. The molecule has 0 aromatic heterocycles. The van der Waals surface area contributed by atoms with Crippen LogP contribution in [0.3, 0.4) is 0 Å². The summed E-state index contributed by atoms with van der Waals surface area (Å²) in [4.78, 5) is 184. The Labute approximate surface area is 502 Å². The average molecular weight is 1260 g/mol. The molecule has 33 nitrogen and oxygen atoms in total. The van der Waals surface area contributed by atoms with Crippen LogP contribution in [0.4, 0.5) is 0 Å². The van der Waals surface area contributed by atoms with Crippen LogP contribution in [0.25, 0.3) is 0 Å². The summed E-state index contributed by atoms with van der Waals surface area (Å²) in [7, 11) is 0. The molecule has 3 unspecified atom stereocenters. The zero-order valence-electron chi connectivity index (χ0n) is 48.7. The van der Waals surface area contributed by atoms with Gasteiger partial charge in [-0.25, -0.2) is 15.2 Å². The second-order valence-electron chi connectivity index (χ2n) is 19.9. The van der Waals surface area contributed by atoms with Gasteiger partial charge < -0.3 is 68.1 Å². The van der Waals surface area contributed by atoms with Crippen molar-refractivity contribution in [1.82, 2.24) is 68.4 Å². The number of aliphatic hydroxyl groups is 2. The molecule has 34 heteroatoms. The summed E-state index contributed by atoms with van der Waals surface area (Å²) < 4.78 is 5.28. The molecule has 15 N–H and O–H groups in total. The monoisotopic (exact) mass is 1260 g/mol. The quantitative estimate of drug-likeness (QED) is 0.0114. The van der Waals surface area contributed by atoms with Gasteiger partial charge in [0.1, 0.15) is 55.4 Å². The first-order chi connectivity index (χ1) is 39.6. The van der Waals surface area contributed by atoms with Gasteiger partial charge in [0.2, 0.25) is 76.8 Å². The van der Waals surface area contributed by atoms with E-state index in [1.165, 1.54) is 13.8 Å². The van der Waals surface area contributed by atoms with Crippen LogP contribution in [0.1, 0.15) is 119 Å². The first-order valence-corrected chi connectivity index (χ1v) is 27.5. The molecule has 1 heterocycles. The Kier molecular flexibility index (Phi) is 38.8. The predicted molar refractivity (Wildman–Crippen MR) is 290 cm³/mol. The van der Waals surface area contributed by atoms with E-state index in [0.717, 1.165) is 46.5 Å². The van der Waals surface area contributed by atoms with Gasteiger partial charge in [0.25, 0.3) is 0 Å². The van der Waals surface area contributed by atoms with E-state index in [1.54, 1.807) is 12.2 Å². The van der Waals surface area contributed by atoms with Crippen LogP contribution in [0.5, 0.6) is 0 Å². The molecule has 1 aliphatic rings. The molecule has 1 saturated heterocycles. The number of hydrogen-bond donors (Lipinski definition) is 15. The van der Waals surface area contributed by atoms with E-state index in [9.17, 15) is 93.0 Å². The number of nitrogens with one attached hydrogen (secondary N) is 10. The van der Waals surface area contributed by atoms with E-state index in [4.69, 9.17) is 4.74 Å². The van der Waals surface area contributed by atoms with Crippen molar-refractivity contribution in [1.29, 1.82) is 0 Å². The normalized spacial score (nSPS) is 21.5. The third kappa shape index (κ3) is 31.9. The summed E-state index contributed by atoms with van der Waals surface area (Å²) in [6.07, 6.45) is 6.09. The smallest absolute Gasteiger partial charge is 0.325 e. The van der Waals surface area contributed by atoms with Gasteiger partial charge in [-0.05, 0) is 57.3 Å². The number of rotatable bonds is 23. The minimum absolute atomic E-state index is 0. The molecule has 0 spiro atoms. The maximum absolute atomic E-state index is 14.0. The molecule has 0 radical (unpaired) electrons. The number of ether oxygens (including phenoxy) is 1. The largest absolute Gasteiger partial charge is 0.462 e. The zero-order valence-corrected chi connectivity index (χ0v) is 49.8. The Morgan fingerprint density at radius 1 is 0.541 bits per heavy atom. The van der Waals surface area contributed by atoms with Crippen molar-refractivity contribution in [2.24, 2.45) is 5.92 Å². The van der Waals surface area contributed by atoms with Gasteiger partial charge in [-0.15, -0.1) is 0 Å². The molecule has 7 atom stereocenters. The Hall–Kier alpha value is -7.36. The molecule has 1 rings (SSSR count). The summed E-state index contributed by atoms with van der Waals surface area (Å²) in [5, 5.41) is 74.2. The first kappa shape index (κ1) is 77.6. The molecule has 85 heavy (non-hydrogen) atoms. The second-order valence-corrected chi connectivity index (χ2v) is 19.9. The fraction of sp³-hybridized carbons (Fsp3) is 0.686. The number of unbranched alkanes of at least 4 members (excludes halogenated alkanes) is 4. The van der Waals surface area contributed by atoms with Crippen molar-refractivity contribution in [3.05, 3.63) is 12.2 Å². The van der Waals surface area contributed by atoms with Gasteiger partial charge in [-0.1, -0.05) is 52.2 Å². The van der Waals surface area contributed by atoms with Crippen LogP contribution in [-0.2, 0) is 88.9 Å². The Bertz CT molecular complexity index is 2300. The zero-order chi connectivity index (χ0) is 63.5. The number of esters is 1. The van der Waals surface area contributed by atoms with E-state index >= 15 is 0 Å². The molecule has 0 aromatic rings. The molecule has 0 aromatic carbocycles. The average Bonchev–Trinajstić information content (AvgIpc) is 3.57. The molecular weight excluding hydrogens is 1170 g/mol. The van der Waals surface area contributed by atoms with E-state index in [2.05, 4.69) is 60.1 Å². The fourth-order valence-corrected chi connectivity index (χ4v) is 7.61. The molecule has 1 aliphatic heterocycles. The number of carbonyl (C=O) groups excluding carboxylic acids is 14. The van der Waals surface area contributed by atoms with Crippen LogP contribution < -0.4 is 53.2 Å². The van der Waals surface area contributed by atoms with Gasteiger partial charge in [0, 0.05) is 63.9 Å². The van der Waals surface area contributed by atoms with Crippen LogP contribution in [0.2, 0.25) is 0 Å². The summed E-state index contributed by atoms with van der Waals surface area (Å²) >= 11 is 0. The Morgan fingerprint density at radius 3 is 1.44 bits per heavy atom. The third-order valence-corrected chi connectivity index (χ3v) is 12.5. The van der Waals surface area contributed by atoms with Gasteiger partial charge in [0.15, 0.2) is 0 Å². The van der Waals surface area contributed by atoms with Crippen molar-refractivity contribution in [3.63, 3.8) is 0 Å². The van der Waals surface area contributed by atoms with Crippen LogP contribution >= 0.6 is 0 Å². The molecule has 482 valence electrons. The van der Waals surface area contributed by atoms with Crippen molar-refractivity contribution in [2.75, 3.05) is 59.1 Å². The van der Waals surface area contributed by atoms with Gasteiger partial charge in [-0.3, -0.25) is 82.7 Å². The van der Waals surface area contributed by atoms with E-state index in [0.29, 0.717) is 21.6 Å². The van der Waals surface area contributed by atoms with Crippen LogP contribution in [0, 0.1) is 5.92 Å². The SMILES string of the molecule is CCCCCC/C=C\CC(=O)N[C@@H]1COC(=O)CNC(=O)C(CCCN(O)C(C)=O)NC(=O)CNC(=O)[C@@H](CO)NC(=O)C(CCCN(O)C(C)=O)NC(=O)[C@H](CO)NC(=O)[C@@H](C(C)C)NC(=O)CNC(=O)C(CCCN(O)C(C)=O)NC1=O.[Fe]. The number of allylic oxidation sites excluding steroid dienone is 1. The summed E-state index contributed by atoms with van der Waals surface area (Å²) in [5.74, 6) is -14.8. The summed E-state index contributed by atoms with van der Waals surface area (Å²) in [5.41, 5.74) is 0. The Balaban J connectivity index is 0.0000706. The number of hydroxylamine groups is 6. The number of nitrogens with zero attached hydrogens (tertiary/aromatic N) is 3. The molecule has 1 fully saturated rings. The number of cyclic esters (lactones) is 1. The van der Waals surface area contributed by atoms with Gasteiger partial charge in [-0.2, -0.15) is 0 Å². The summed E-state index contributed by atoms with van der Waals surface area (Å²) in [6.45, 7) is 1.27. The second kappa shape index (κ2) is 42.4. The van der Waals surface area contributed by atoms with E-state index < -0.39 is 170 Å². The minimum Gasteiger partial charge on any atom is -0.462 e. The first-order valence-electron chi connectivity index (χ1n) is 27.5. The number of amides is 13. The number of hydrogen-bond acceptors (Lipinski definition) is 20. The number of carbonyl (C=O) groups is 14. The molecule has 0 aliphatic carbocycles. The van der Waals surface area contributed by atoms with E-state index in [-0.39, 0.29) is 81.6 Å². The molecule has 0 saturated carbocycles. The number of aliphatic hydroxyl groups excluding tert-OH is 2. The van der Waals surface area contributed by atoms with Gasteiger partial charge in [0.05, 0.1) is 26.3 Å². The van der Waals surface area contributed by atoms with Crippen molar-refractivity contribution in [3.8, 4) is 0 Å².